The number of hydrogen-bond donors (Lipinski definition) is 0. The van der Waals surface area contributed by atoms with Crippen LogP contribution in [0.25, 0.3) is 0 Å². The van der Waals surface area contributed by atoms with Gasteiger partial charge < -0.3 is 14.5 Å². The normalized spacial score (nSPS) is 19.8. The van der Waals surface area contributed by atoms with Gasteiger partial charge in [0.25, 0.3) is 0 Å². The summed E-state index contributed by atoms with van der Waals surface area (Å²) in [6.07, 6.45) is 7.95. The summed E-state index contributed by atoms with van der Waals surface area (Å²) in [5, 5.41) is 0. The highest BCUT2D eigenvalue weighted by atomic mass is 16.5. The van der Waals surface area contributed by atoms with Gasteiger partial charge in [-0.2, -0.15) is 0 Å². The number of ether oxygens (including phenoxy) is 1. The Bertz CT molecular complexity index is 495. The molecule has 4 nitrogen and oxygen atoms in total. The highest BCUT2D eigenvalue weighted by molar-refractivity contribution is 5.93. The number of amides is 1. The number of piperidine rings is 2. The molecule has 2 aliphatic rings. The summed E-state index contributed by atoms with van der Waals surface area (Å²) < 4.78 is 5.84. The molecule has 0 aromatic heterocycles. The Balaban J connectivity index is 1.41. The van der Waals surface area contributed by atoms with Gasteiger partial charge in [-0.15, -0.1) is 0 Å². The summed E-state index contributed by atoms with van der Waals surface area (Å²) in [5.74, 6) is 1.14. The number of hydrogen-bond acceptors (Lipinski definition) is 3. The van der Waals surface area contributed by atoms with Gasteiger partial charge in [0, 0.05) is 25.2 Å². The standard InChI is InChI=1S/C19H28N2O2/c22-19-7-2-5-15-21(19)17-8-10-18(11-9-17)23-16-6-14-20-12-3-1-4-13-20/h8-11H,1-7,12-16H2. The minimum absolute atomic E-state index is 0.242. The molecular weight excluding hydrogens is 288 g/mol. The minimum atomic E-state index is 0.242. The molecule has 0 N–H and O–H groups in total. The van der Waals surface area contributed by atoms with Crippen molar-refractivity contribution >= 4 is 11.6 Å². The molecule has 1 aromatic carbocycles. The number of rotatable bonds is 6. The lowest BCUT2D eigenvalue weighted by Gasteiger charge is -2.27. The smallest absolute Gasteiger partial charge is 0.226 e. The predicted molar refractivity (Wildman–Crippen MR) is 93.0 cm³/mol. The van der Waals surface area contributed by atoms with E-state index in [1.165, 1.54) is 32.4 Å². The molecule has 1 amide bonds. The molecule has 2 fully saturated rings. The van der Waals surface area contributed by atoms with E-state index in [0.717, 1.165) is 50.4 Å². The SMILES string of the molecule is O=C1CCCCN1c1ccc(OCCCN2CCCCC2)cc1. The van der Waals surface area contributed by atoms with Crippen molar-refractivity contribution in [3.8, 4) is 5.75 Å². The summed E-state index contributed by atoms with van der Waals surface area (Å²) >= 11 is 0. The lowest BCUT2D eigenvalue weighted by molar-refractivity contribution is -0.119. The fourth-order valence-corrected chi connectivity index (χ4v) is 3.46. The average molecular weight is 316 g/mol. The summed E-state index contributed by atoms with van der Waals surface area (Å²) in [6.45, 7) is 5.24. The Morgan fingerprint density at radius 3 is 2.39 bits per heavy atom. The van der Waals surface area contributed by atoms with Crippen LogP contribution in [0.1, 0.15) is 44.9 Å². The predicted octanol–water partition coefficient (Wildman–Crippen LogP) is 3.46. The lowest BCUT2D eigenvalue weighted by atomic mass is 10.1. The van der Waals surface area contributed by atoms with E-state index in [1.54, 1.807) is 0 Å². The van der Waals surface area contributed by atoms with Crippen LogP contribution >= 0.6 is 0 Å². The van der Waals surface area contributed by atoms with Crippen LogP contribution in [0.5, 0.6) is 5.75 Å². The zero-order chi connectivity index (χ0) is 15.9. The molecule has 0 radical (unpaired) electrons. The van der Waals surface area contributed by atoms with Crippen LogP contribution in [0.15, 0.2) is 24.3 Å². The van der Waals surface area contributed by atoms with E-state index in [1.807, 2.05) is 29.2 Å². The highest BCUT2D eigenvalue weighted by Crippen LogP contribution is 2.23. The number of benzene rings is 1. The summed E-state index contributed by atoms with van der Waals surface area (Å²) in [6, 6.07) is 7.97. The van der Waals surface area contributed by atoms with Crippen LogP contribution in [-0.4, -0.2) is 43.6 Å². The Labute approximate surface area is 139 Å². The third-order valence-electron chi connectivity index (χ3n) is 4.81. The van der Waals surface area contributed by atoms with Crippen LogP contribution in [-0.2, 0) is 4.79 Å². The first-order chi connectivity index (χ1) is 11.3. The zero-order valence-electron chi connectivity index (χ0n) is 14.0. The first kappa shape index (κ1) is 16.3. The third kappa shape index (κ3) is 4.71. The van der Waals surface area contributed by atoms with Gasteiger partial charge in [0.15, 0.2) is 0 Å². The van der Waals surface area contributed by atoms with Crippen molar-refractivity contribution in [1.29, 1.82) is 0 Å². The first-order valence-corrected chi connectivity index (χ1v) is 9.08. The molecule has 1 aromatic rings. The van der Waals surface area contributed by atoms with E-state index in [9.17, 15) is 4.79 Å². The minimum Gasteiger partial charge on any atom is -0.494 e. The van der Waals surface area contributed by atoms with Gasteiger partial charge in [-0.3, -0.25) is 4.79 Å². The molecule has 0 atom stereocenters. The molecular formula is C19H28N2O2. The van der Waals surface area contributed by atoms with E-state index in [-0.39, 0.29) is 5.91 Å². The molecule has 0 spiro atoms. The van der Waals surface area contributed by atoms with Gasteiger partial charge in [0.05, 0.1) is 6.61 Å². The van der Waals surface area contributed by atoms with Gasteiger partial charge >= 0.3 is 0 Å². The molecule has 2 aliphatic heterocycles. The number of nitrogens with zero attached hydrogens (tertiary/aromatic N) is 2. The molecule has 2 heterocycles. The van der Waals surface area contributed by atoms with Crippen LogP contribution in [0, 0.1) is 0 Å². The maximum atomic E-state index is 11.9. The largest absolute Gasteiger partial charge is 0.494 e. The quantitative estimate of drug-likeness (QED) is 0.754. The third-order valence-corrected chi connectivity index (χ3v) is 4.81. The Kier molecular flexibility index (Phi) is 5.92. The molecule has 23 heavy (non-hydrogen) atoms. The van der Waals surface area contributed by atoms with Crippen molar-refractivity contribution in [3.63, 3.8) is 0 Å². The van der Waals surface area contributed by atoms with Crippen molar-refractivity contribution in [2.24, 2.45) is 0 Å². The fraction of sp³-hybridized carbons (Fsp3) is 0.632. The summed E-state index contributed by atoms with van der Waals surface area (Å²) in [4.78, 5) is 16.4. The number of likely N-dealkylation sites (tertiary alicyclic amines) is 1. The van der Waals surface area contributed by atoms with Crippen molar-refractivity contribution in [3.05, 3.63) is 24.3 Å². The molecule has 0 unspecified atom stereocenters. The summed E-state index contributed by atoms with van der Waals surface area (Å²) in [5.41, 5.74) is 0.996. The maximum absolute atomic E-state index is 11.9. The lowest BCUT2D eigenvalue weighted by Crippen LogP contribution is -2.35. The van der Waals surface area contributed by atoms with E-state index in [0.29, 0.717) is 6.42 Å². The molecule has 126 valence electrons. The number of carbonyl (C=O) groups excluding carboxylic acids is 1. The number of anilines is 1. The van der Waals surface area contributed by atoms with E-state index < -0.39 is 0 Å². The van der Waals surface area contributed by atoms with Crippen molar-refractivity contribution in [2.45, 2.75) is 44.9 Å². The maximum Gasteiger partial charge on any atom is 0.226 e. The Morgan fingerprint density at radius 1 is 0.913 bits per heavy atom. The van der Waals surface area contributed by atoms with Gasteiger partial charge in [-0.25, -0.2) is 0 Å². The average Bonchev–Trinajstić information content (AvgIpc) is 2.61. The first-order valence-electron chi connectivity index (χ1n) is 9.08. The van der Waals surface area contributed by atoms with Gasteiger partial charge in [0.2, 0.25) is 5.91 Å². The highest BCUT2D eigenvalue weighted by Gasteiger charge is 2.19. The van der Waals surface area contributed by atoms with Crippen LogP contribution < -0.4 is 9.64 Å². The fourth-order valence-electron chi connectivity index (χ4n) is 3.46. The summed E-state index contributed by atoms with van der Waals surface area (Å²) in [7, 11) is 0. The Hall–Kier alpha value is -1.55. The van der Waals surface area contributed by atoms with Gasteiger partial charge in [0.1, 0.15) is 5.75 Å². The monoisotopic (exact) mass is 316 g/mol. The molecule has 4 heteroatoms. The number of carbonyl (C=O) groups is 1. The van der Waals surface area contributed by atoms with Gasteiger partial charge in [-0.05, 0) is 69.5 Å². The second-order valence-electron chi connectivity index (χ2n) is 6.60. The van der Waals surface area contributed by atoms with Crippen molar-refractivity contribution in [1.82, 2.24) is 4.90 Å². The molecule has 3 rings (SSSR count). The second-order valence-corrected chi connectivity index (χ2v) is 6.60. The Morgan fingerprint density at radius 2 is 1.65 bits per heavy atom. The van der Waals surface area contributed by atoms with E-state index in [4.69, 9.17) is 4.74 Å². The van der Waals surface area contributed by atoms with Crippen molar-refractivity contribution in [2.75, 3.05) is 37.7 Å². The zero-order valence-corrected chi connectivity index (χ0v) is 14.0. The van der Waals surface area contributed by atoms with E-state index in [2.05, 4.69) is 4.90 Å². The van der Waals surface area contributed by atoms with E-state index >= 15 is 0 Å². The molecule has 2 saturated heterocycles. The molecule has 0 bridgehead atoms. The molecule has 0 saturated carbocycles. The van der Waals surface area contributed by atoms with Crippen LogP contribution in [0.3, 0.4) is 0 Å². The molecule has 0 aliphatic carbocycles. The van der Waals surface area contributed by atoms with Gasteiger partial charge in [-0.1, -0.05) is 6.42 Å². The van der Waals surface area contributed by atoms with Crippen LogP contribution in [0.2, 0.25) is 0 Å². The van der Waals surface area contributed by atoms with Crippen molar-refractivity contribution < 1.29 is 9.53 Å². The van der Waals surface area contributed by atoms with Crippen LogP contribution in [0.4, 0.5) is 5.69 Å². The second kappa shape index (κ2) is 8.34. The topological polar surface area (TPSA) is 32.8 Å².